The number of carbonyl (C=O) groups is 1. The Bertz CT molecular complexity index is 493. The van der Waals surface area contributed by atoms with Gasteiger partial charge >= 0.3 is 6.03 Å². The summed E-state index contributed by atoms with van der Waals surface area (Å²) < 4.78 is 5.85. The minimum Gasteiger partial charge on any atom is -0.489 e. The molecule has 2 N–H and O–H groups in total. The molecule has 2 rings (SSSR count). The lowest BCUT2D eigenvalue weighted by Gasteiger charge is -2.32. The van der Waals surface area contributed by atoms with Crippen LogP contribution in [-0.2, 0) is 0 Å². The molecule has 5 heteroatoms. The second kappa shape index (κ2) is 8.03. The predicted molar refractivity (Wildman–Crippen MR) is 86.1 cm³/mol. The molecule has 0 radical (unpaired) electrons. The molecular formula is C17H26N2O3. The topological polar surface area (TPSA) is 61.8 Å². The van der Waals surface area contributed by atoms with Crippen molar-refractivity contribution >= 4 is 6.03 Å². The van der Waals surface area contributed by atoms with Crippen LogP contribution in [0, 0.1) is 12.8 Å². The Morgan fingerprint density at radius 2 is 2.27 bits per heavy atom. The molecule has 2 atom stereocenters. The maximum absolute atomic E-state index is 12.2. The largest absolute Gasteiger partial charge is 0.489 e. The Labute approximate surface area is 132 Å². The van der Waals surface area contributed by atoms with Gasteiger partial charge in [-0.2, -0.15) is 0 Å². The van der Waals surface area contributed by atoms with Gasteiger partial charge in [0.1, 0.15) is 11.9 Å². The summed E-state index contributed by atoms with van der Waals surface area (Å²) in [4.78, 5) is 13.9. The molecule has 1 aromatic carbocycles. The molecule has 1 aromatic rings. The molecule has 0 bridgehead atoms. The van der Waals surface area contributed by atoms with E-state index in [1.54, 1.807) is 4.90 Å². The number of piperidine rings is 1. The molecule has 2 unspecified atom stereocenters. The maximum Gasteiger partial charge on any atom is 0.317 e. The Morgan fingerprint density at radius 1 is 1.50 bits per heavy atom. The van der Waals surface area contributed by atoms with Crippen LogP contribution >= 0.6 is 0 Å². The fourth-order valence-electron chi connectivity index (χ4n) is 2.69. The molecule has 2 amide bonds. The first-order chi connectivity index (χ1) is 10.6. The highest BCUT2D eigenvalue weighted by atomic mass is 16.5. The number of aryl methyl sites for hydroxylation is 1. The first kappa shape index (κ1) is 16.6. The number of rotatable bonds is 5. The van der Waals surface area contributed by atoms with E-state index in [4.69, 9.17) is 4.74 Å². The van der Waals surface area contributed by atoms with Gasteiger partial charge < -0.3 is 20.1 Å². The number of hydrogen-bond donors (Lipinski definition) is 2. The second-order valence-electron chi connectivity index (χ2n) is 6.02. The second-order valence-corrected chi connectivity index (χ2v) is 6.02. The van der Waals surface area contributed by atoms with E-state index >= 15 is 0 Å². The zero-order valence-corrected chi connectivity index (χ0v) is 13.4. The predicted octanol–water partition coefficient (Wildman–Crippen LogP) is 2.18. The van der Waals surface area contributed by atoms with E-state index in [-0.39, 0.29) is 24.7 Å². The van der Waals surface area contributed by atoms with Crippen molar-refractivity contribution in [3.63, 3.8) is 0 Å². The zero-order chi connectivity index (χ0) is 15.9. The number of aliphatic hydroxyl groups is 1. The molecule has 1 saturated heterocycles. The van der Waals surface area contributed by atoms with Crippen LogP contribution in [0.2, 0.25) is 0 Å². The van der Waals surface area contributed by atoms with Gasteiger partial charge in [-0.15, -0.1) is 0 Å². The van der Waals surface area contributed by atoms with Crippen LogP contribution in [0.1, 0.15) is 25.3 Å². The molecule has 0 saturated carbocycles. The number of likely N-dealkylation sites (tertiary alicyclic amines) is 1. The van der Waals surface area contributed by atoms with E-state index < -0.39 is 0 Å². The molecule has 1 aliphatic rings. The number of nitrogens with zero attached hydrogens (tertiary/aromatic N) is 1. The summed E-state index contributed by atoms with van der Waals surface area (Å²) in [5.74, 6) is 1.06. The van der Waals surface area contributed by atoms with Crippen molar-refractivity contribution in [1.29, 1.82) is 0 Å². The molecule has 1 aliphatic heterocycles. The van der Waals surface area contributed by atoms with Crippen LogP contribution in [0.25, 0.3) is 0 Å². The van der Waals surface area contributed by atoms with Crippen LogP contribution in [0.4, 0.5) is 4.79 Å². The summed E-state index contributed by atoms with van der Waals surface area (Å²) in [5.41, 5.74) is 1.09. The van der Waals surface area contributed by atoms with Gasteiger partial charge in [0.05, 0.1) is 6.54 Å². The van der Waals surface area contributed by atoms with Crippen LogP contribution in [0.3, 0.4) is 0 Å². The fourth-order valence-corrected chi connectivity index (χ4v) is 2.69. The Hall–Kier alpha value is -1.75. The smallest absolute Gasteiger partial charge is 0.317 e. The highest BCUT2D eigenvalue weighted by Crippen LogP contribution is 2.18. The van der Waals surface area contributed by atoms with Crippen molar-refractivity contribution in [2.45, 2.75) is 32.8 Å². The Morgan fingerprint density at radius 3 is 3.00 bits per heavy atom. The van der Waals surface area contributed by atoms with Gasteiger partial charge in [0.25, 0.3) is 0 Å². The summed E-state index contributed by atoms with van der Waals surface area (Å²) >= 11 is 0. The average molecular weight is 306 g/mol. The van der Waals surface area contributed by atoms with Gasteiger partial charge in [0, 0.05) is 19.7 Å². The lowest BCUT2D eigenvalue weighted by Crippen LogP contribution is -2.48. The number of nitrogens with one attached hydrogen (secondary N) is 1. The lowest BCUT2D eigenvalue weighted by molar-refractivity contribution is 0.126. The minimum absolute atomic E-state index is 0.0709. The number of benzene rings is 1. The first-order valence-corrected chi connectivity index (χ1v) is 7.96. The SMILES string of the molecule is Cc1ccccc1OC(C)CNC(=O)N1CCCC(CO)C1. The summed E-state index contributed by atoms with van der Waals surface area (Å²) in [6.07, 6.45) is 1.85. The fraction of sp³-hybridized carbons (Fsp3) is 0.588. The monoisotopic (exact) mass is 306 g/mol. The molecule has 22 heavy (non-hydrogen) atoms. The van der Waals surface area contributed by atoms with Crippen molar-refractivity contribution in [1.82, 2.24) is 10.2 Å². The number of aliphatic hydroxyl groups excluding tert-OH is 1. The lowest BCUT2D eigenvalue weighted by atomic mass is 9.99. The van der Waals surface area contributed by atoms with Crippen molar-refractivity contribution in [2.24, 2.45) is 5.92 Å². The third-order valence-corrected chi connectivity index (χ3v) is 4.03. The van der Waals surface area contributed by atoms with Crippen molar-refractivity contribution in [3.05, 3.63) is 29.8 Å². The minimum atomic E-state index is -0.0940. The third-order valence-electron chi connectivity index (χ3n) is 4.03. The standard InChI is InChI=1S/C17H26N2O3/c1-13-6-3-4-8-16(13)22-14(2)10-18-17(21)19-9-5-7-15(11-19)12-20/h3-4,6,8,14-15,20H,5,7,9-12H2,1-2H3,(H,18,21). The van der Waals surface area contributed by atoms with Crippen LogP contribution in [0.5, 0.6) is 5.75 Å². The van der Waals surface area contributed by atoms with Crippen molar-refractivity contribution in [2.75, 3.05) is 26.2 Å². The van der Waals surface area contributed by atoms with E-state index in [2.05, 4.69) is 5.32 Å². The van der Waals surface area contributed by atoms with Gasteiger partial charge in [-0.3, -0.25) is 0 Å². The van der Waals surface area contributed by atoms with Gasteiger partial charge in [0.2, 0.25) is 0 Å². The normalized spacial score (nSPS) is 19.6. The maximum atomic E-state index is 12.2. The number of hydrogen-bond acceptors (Lipinski definition) is 3. The molecule has 0 aliphatic carbocycles. The first-order valence-electron chi connectivity index (χ1n) is 7.96. The highest BCUT2D eigenvalue weighted by Gasteiger charge is 2.23. The molecule has 0 aromatic heterocycles. The van der Waals surface area contributed by atoms with E-state index in [9.17, 15) is 9.90 Å². The quantitative estimate of drug-likeness (QED) is 0.876. The van der Waals surface area contributed by atoms with Gasteiger partial charge in [-0.05, 0) is 44.2 Å². The van der Waals surface area contributed by atoms with Gasteiger partial charge in [0.15, 0.2) is 0 Å². The van der Waals surface area contributed by atoms with Crippen LogP contribution < -0.4 is 10.1 Å². The van der Waals surface area contributed by atoms with Gasteiger partial charge in [-0.25, -0.2) is 4.79 Å². The van der Waals surface area contributed by atoms with E-state index in [1.165, 1.54) is 0 Å². The van der Waals surface area contributed by atoms with Crippen molar-refractivity contribution in [3.8, 4) is 5.75 Å². The number of ether oxygens (including phenoxy) is 1. The number of amides is 2. The molecule has 1 heterocycles. The van der Waals surface area contributed by atoms with Crippen LogP contribution in [-0.4, -0.2) is 48.4 Å². The van der Waals surface area contributed by atoms with Crippen LogP contribution in [0.15, 0.2) is 24.3 Å². The van der Waals surface area contributed by atoms with Gasteiger partial charge in [-0.1, -0.05) is 18.2 Å². The summed E-state index contributed by atoms with van der Waals surface area (Å²) in [7, 11) is 0. The zero-order valence-electron chi connectivity index (χ0n) is 13.4. The highest BCUT2D eigenvalue weighted by molar-refractivity contribution is 5.74. The third kappa shape index (κ3) is 4.63. The molecule has 0 spiro atoms. The molecule has 122 valence electrons. The van der Waals surface area contributed by atoms with E-state index in [0.29, 0.717) is 13.1 Å². The summed E-state index contributed by atoms with van der Waals surface area (Å²) in [6.45, 7) is 5.96. The van der Waals surface area contributed by atoms with E-state index in [1.807, 2.05) is 38.1 Å². The average Bonchev–Trinajstić information content (AvgIpc) is 2.55. The number of para-hydroxylation sites is 1. The molecule has 5 nitrogen and oxygen atoms in total. The van der Waals surface area contributed by atoms with Crippen molar-refractivity contribution < 1.29 is 14.6 Å². The molecule has 1 fully saturated rings. The van der Waals surface area contributed by atoms with E-state index in [0.717, 1.165) is 30.7 Å². The Balaban J connectivity index is 1.77. The number of carbonyl (C=O) groups excluding carboxylic acids is 1. The summed E-state index contributed by atoms with van der Waals surface area (Å²) in [6, 6.07) is 7.78. The summed E-state index contributed by atoms with van der Waals surface area (Å²) in [5, 5.41) is 12.1. The Kier molecular flexibility index (Phi) is 6.07. The molecular weight excluding hydrogens is 280 g/mol. The number of urea groups is 1.